The van der Waals surface area contributed by atoms with Gasteiger partial charge in [0.1, 0.15) is 0 Å². The molecule has 0 rings (SSSR count). The highest BCUT2D eigenvalue weighted by atomic mass is 28.3. The molecule has 18 heavy (non-hydrogen) atoms. The minimum absolute atomic E-state index is 0.183. The zero-order valence-electron chi connectivity index (χ0n) is 13.7. The van der Waals surface area contributed by atoms with E-state index in [-0.39, 0.29) is 6.41 Å². The third-order valence-corrected chi connectivity index (χ3v) is 6.05. The first-order valence-corrected chi connectivity index (χ1v) is 14.3. The van der Waals surface area contributed by atoms with E-state index in [1.54, 1.807) is 0 Å². The van der Waals surface area contributed by atoms with Crippen molar-refractivity contribution >= 4 is 16.1 Å². The third kappa shape index (κ3) is 11.4. The van der Waals surface area contributed by atoms with Gasteiger partial charge >= 0.3 is 0 Å². The summed E-state index contributed by atoms with van der Waals surface area (Å²) in [5.41, 5.74) is 0. The molecule has 110 valence electrons. The van der Waals surface area contributed by atoms with Gasteiger partial charge in [0.05, 0.1) is 0 Å². The fourth-order valence-corrected chi connectivity index (χ4v) is 2.74. The summed E-state index contributed by atoms with van der Waals surface area (Å²) in [5, 5.41) is 0. The lowest BCUT2D eigenvalue weighted by Gasteiger charge is -2.27. The monoisotopic (exact) mass is 291 g/mol. The molecule has 0 unspecified atom stereocenters. The van der Waals surface area contributed by atoms with Crippen molar-refractivity contribution in [2.45, 2.75) is 57.8 Å². The fourth-order valence-electron chi connectivity index (χ4n) is 1.28. The maximum atomic E-state index is 5.85. The van der Waals surface area contributed by atoms with Gasteiger partial charge in [0.15, 0.2) is 0 Å². The first-order valence-electron chi connectivity index (χ1n) is 6.91. The number of nitrogens with zero attached hydrogens (tertiary/aromatic N) is 1. The standard InChI is InChI=1S/C13H33NO2Si2/c1-14(2)13(15-9-11-17(3,4)5)16-10-12-18(6,7)8/h13H,9-12H2,1-8H3. The first kappa shape index (κ1) is 18.3. The van der Waals surface area contributed by atoms with Crippen molar-refractivity contribution in [2.75, 3.05) is 27.3 Å². The molecule has 0 fully saturated rings. The summed E-state index contributed by atoms with van der Waals surface area (Å²) in [4.78, 5) is 2.01. The van der Waals surface area contributed by atoms with Gasteiger partial charge in [-0.15, -0.1) is 0 Å². The van der Waals surface area contributed by atoms with Crippen molar-refractivity contribution in [2.24, 2.45) is 0 Å². The molecule has 3 nitrogen and oxygen atoms in total. The van der Waals surface area contributed by atoms with E-state index in [1.165, 1.54) is 12.1 Å². The van der Waals surface area contributed by atoms with Crippen LogP contribution in [-0.2, 0) is 9.47 Å². The van der Waals surface area contributed by atoms with Gasteiger partial charge < -0.3 is 9.47 Å². The highest BCUT2D eigenvalue weighted by molar-refractivity contribution is 6.76. The summed E-state index contributed by atoms with van der Waals surface area (Å²) in [6.45, 7) is 15.8. The molecule has 0 atom stereocenters. The predicted octanol–water partition coefficient (Wildman–Crippen LogP) is 3.54. The topological polar surface area (TPSA) is 21.7 Å². The SMILES string of the molecule is CN(C)C(OCC[Si](C)(C)C)OCC[Si](C)(C)C. The van der Waals surface area contributed by atoms with Crippen LogP contribution < -0.4 is 0 Å². The summed E-state index contributed by atoms with van der Waals surface area (Å²) >= 11 is 0. The van der Waals surface area contributed by atoms with Crippen molar-refractivity contribution in [3.8, 4) is 0 Å². The van der Waals surface area contributed by atoms with E-state index in [2.05, 4.69) is 39.3 Å². The van der Waals surface area contributed by atoms with E-state index in [0.717, 1.165) is 13.2 Å². The lowest BCUT2D eigenvalue weighted by atomic mass is 10.7. The molecule has 0 aromatic heterocycles. The van der Waals surface area contributed by atoms with Gasteiger partial charge in [0.25, 0.3) is 0 Å². The van der Waals surface area contributed by atoms with E-state index in [9.17, 15) is 0 Å². The molecule has 0 saturated carbocycles. The van der Waals surface area contributed by atoms with Crippen LogP contribution in [0, 0.1) is 0 Å². The van der Waals surface area contributed by atoms with E-state index < -0.39 is 16.1 Å². The number of rotatable bonds is 9. The molecule has 5 heteroatoms. The van der Waals surface area contributed by atoms with Gasteiger partial charge in [-0.2, -0.15) is 0 Å². The van der Waals surface area contributed by atoms with Crippen LogP contribution in [0.15, 0.2) is 0 Å². The molecule has 0 bridgehead atoms. The van der Waals surface area contributed by atoms with Gasteiger partial charge in [-0.3, -0.25) is 4.90 Å². The molecule has 0 aromatic carbocycles. The van der Waals surface area contributed by atoms with E-state index in [0.29, 0.717) is 0 Å². The normalized spacial score (nSPS) is 13.7. The van der Waals surface area contributed by atoms with Crippen LogP contribution in [0.1, 0.15) is 0 Å². The Balaban J connectivity index is 3.94. The average molecular weight is 292 g/mol. The zero-order chi connectivity index (χ0) is 14.4. The molecule has 0 aliphatic carbocycles. The van der Waals surface area contributed by atoms with Crippen LogP contribution in [0.3, 0.4) is 0 Å². The molecule has 0 saturated heterocycles. The Morgan fingerprint density at radius 3 is 1.33 bits per heavy atom. The van der Waals surface area contributed by atoms with Crippen LogP contribution in [0.2, 0.25) is 51.4 Å². The smallest absolute Gasteiger partial charge is 0.218 e. The van der Waals surface area contributed by atoms with Crippen LogP contribution in [0.5, 0.6) is 0 Å². The molecule has 0 aromatic rings. The lowest BCUT2D eigenvalue weighted by Crippen LogP contribution is -2.36. The van der Waals surface area contributed by atoms with Gasteiger partial charge in [-0.05, 0) is 26.2 Å². The van der Waals surface area contributed by atoms with E-state index >= 15 is 0 Å². The molecular formula is C13H33NO2Si2. The molecular weight excluding hydrogens is 258 g/mol. The van der Waals surface area contributed by atoms with Crippen molar-refractivity contribution < 1.29 is 9.47 Å². The summed E-state index contributed by atoms with van der Waals surface area (Å²) in [6.07, 6.45) is -0.183. The van der Waals surface area contributed by atoms with Crippen LogP contribution in [0.25, 0.3) is 0 Å². The van der Waals surface area contributed by atoms with Gasteiger partial charge in [0.2, 0.25) is 6.41 Å². The molecule has 0 aliphatic heterocycles. The van der Waals surface area contributed by atoms with E-state index in [4.69, 9.17) is 9.47 Å². The number of hydrogen-bond donors (Lipinski definition) is 0. The van der Waals surface area contributed by atoms with Crippen molar-refractivity contribution in [1.82, 2.24) is 4.90 Å². The Bertz CT molecular complexity index is 202. The molecule has 0 spiro atoms. The Morgan fingerprint density at radius 1 is 0.778 bits per heavy atom. The number of hydrogen-bond acceptors (Lipinski definition) is 3. The maximum absolute atomic E-state index is 5.85. The predicted molar refractivity (Wildman–Crippen MR) is 85.7 cm³/mol. The first-order chi connectivity index (χ1) is 8.01. The van der Waals surface area contributed by atoms with E-state index in [1.807, 2.05) is 19.0 Å². The highest BCUT2D eigenvalue weighted by Gasteiger charge is 2.18. The lowest BCUT2D eigenvalue weighted by molar-refractivity contribution is -0.206. The molecule has 0 radical (unpaired) electrons. The summed E-state index contributed by atoms with van der Waals surface area (Å²) in [5.74, 6) is 0. The Hall–Kier alpha value is 0.314. The third-order valence-electron chi connectivity index (χ3n) is 2.65. The summed E-state index contributed by atoms with van der Waals surface area (Å²) < 4.78 is 11.7. The van der Waals surface area contributed by atoms with Crippen LogP contribution in [0.4, 0.5) is 0 Å². The quantitative estimate of drug-likeness (QED) is 0.479. The second-order valence-corrected chi connectivity index (χ2v) is 18.9. The van der Waals surface area contributed by atoms with Crippen molar-refractivity contribution in [1.29, 1.82) is 0 Å². The second kappa shape index (κ2) is 7.79. The Labute approximate surface area is 116 Å². The molecule has 0 heterocycles. The minimum Gasteiger partial charge on any atom is -0.340 e. The average Bonchev–Trinajstić information content (AvgIpc) is 2.11. The Morgan fingerprint density at radius 2 is 1.11 bits per heavy atom. The highest BCUT2D eigenvalue weighted by Crippen LogP contribution is 2.12. The molecule has 0 amide bonds. The van der Waals surface area contributed by atoms with Gasteiger partial charge in [-0.25, -0.2) is 0 Å². The van der Waals surface area contributed by atoms with Gasteiger partial charge in [0, 0.05) is 29.4 Å². The fraction of sp³-hybridized carbons (Fsp3) is 1.00. The van der Waals surface area contributed by atoms with Crippen molar-refractivity contribution in [3.63, 3.8) is 0 Å². The maximum Gasteiger partial charge on any atom is 0.218 e. The molecule has 0 N–H and O–H groups in total. The van der Waals surface area contributed by atoms with Crippen LogP contribution in [-0.4, -0.2) is 54.8 Å². The molecule has 0 aliphatic rings. The number of ether oxygens (including phenoxy) is 2. The largest absolute Gasteiger partial charge is 0.340 e. The summed E-state index contributed by atoms with van der Waals surface area (Å²) in [7, 11) is 1.99. The Kier molecular flexibility index (Phi) is 7.93. The second-order valence-electron chi connectivity index (χ2n) is 7.63. The van der Waals surface area contributed by atoms with Gasteiger partial charge in [-0.1, -0.05) is 39.3 Å². The summed E-state index contributed by atoms with van der Waals surface area (Å²) in [6, 6.07) is 2.38. The zero-order valence-corrected chi connectivity index (χ0v) is 15.7. The van der Waals surface area contributed by atoms with Crippen molar-refractivity contribution in [3.05, 3.63) is 0 Å². The van der Waals surface area contributed by atoms with Crippen LogP contribution >= 0.6 is 0 Å². The minimum atomic E-state index is -1.01.